The van der Waals surface area contributed by atoms with Crippen LogP contribution in [0.1, 0.15) is 18.5 Å². The van der Waals surface area contributed by atoms with Crippen molar-refractivity contribution in [3.05, 3.63) is 24.2 Å². The second-order valence-corrected chi connectivity index (χ2v) is 5.06. The van der Waals surface area contributed by atoms with Crippen molar-refractivity contribution in [1.29, 1.82) is 0 Å². The number of hydrogen-bond donors (Lipinski definition) is 1. The average Bonchev–Trinajstić information content (AvgIpc) is 2.78. The molecular weight excluding hydrogens is 226 g/mol. The lowest BCUT2D eigenvalue weighted by Crippen LogP contribution is -2.39. The largest absolute Gasteiger partial charge is 0.355 e. The Labute approximate surface area is 107 Å². The minimum absolute atomic E-state index is 0.588. The normalized spacial score (nSPS) is 20.6. The molecule has 3 rings (SSSR count). The van der Waals surface area contributed by atoms with Gasteiger partial charge in [-0.1, -0.05) is 0 Å². The van der Waals surface area contributed by atoms with Crippen LogP contribution in [0.2, 0.25) is 0 Å². The third-order valence-electron chi connectivity index (χ3n) is 3.64. The van der Waals surface area contributed by atoms with Gasteiger partial charge in [-0.25, -0.2) is 9.50 Å². The first-order chi connectivity index (χ1) is 8.78. The third kappa shape index (κ3) is 1.95. The SMILES string of the molecule is Cc1cc2c(N3CCCC(CN)C3)nccn2n1. The van der Waals surface area contributed by atoms with Crippen molar-refractivity contribution in [1.82, 2.24) is 14.6 Å². The number of fused-ring (bicyclic) bond motifs is 1. The molecule has 0 spiro atoms. The highest BCUT2D eigenvalue weighted by molar-refractivity contribution is 5.69. The first-order valence-electron chi connectivity index (χ1n) is 6.54. The maximum atomic E-state index is 5.80. The van der Waals surface area contributed by atoms with E-state index in [0.29, 0.717) is 5.92 Å². The van der Waals surface area contributed by atoms with Crippen LogP contribution in [-0.2, 0) is 0 Å². The van der Waals surface area contributed by atoms with Gasteiger partial charge in [0.25, 0.3) is 0 Å². The van der Waals surface area contributed by atoms with Crippen LogP contribution in [-0.4, -0.2) is 34.2 Å². The number of anilines is 1. The number of aromatic nitrogens is 3. The minimum atomic E-state index is 0.588. The first-order valence-corrected chi connectivity index (χ1v) is 6.54. The van der Waals surface area contributed by atoms with Gasteiger partial charge in [-0.05, 0) is 38.3 Å². The zero-order valence-electron chi connectivity index (χ0n) is 10.7. The van der Waals surface area contributed by atoms with Crippen LogP contribution in [0.5, 0.6) is 0 Å². The molecule has 96 valence electrons. The van der Waals surface area contributed by atoms with E-state index in [0.717, 1.165) is 36.7 Å². The molecule has 5 nitrogen and oxygen atoms in total. The number of hydrogen-bond acceptors (Lipinski definition) is 4. The highest BCUT2D eigenvalue weighted by atomic mass is 15.3. The molecule has 2 aromatic heterocycles. The summed E-state index contributed by atoms with van der Waals surface area (Å²) >= 11 is 0. The summed E-state index contributed by atoms with van der Waals surface area (Å²) in [4.78, 5) is 6.88. The van der Waals surface area contributed by atoms with Crippen molar-refractivity contribution >= 4 is 11.3 Å². The van der Waals surface area contributed by atoms with Crippen LogP contribution >= 0.6 is 0 Å². The number of nitrogens with zero attached hydrogens (tertiary/aromatic N) is 4. The number of rotatable bonds is 2. The molecule has 2 aromatic rings. The van der Waals surface area contributed by atoms with Gasteiger partial charge in [0.05, 0.1) is 5.69 Å². The van der Waals surface area contributed by atoms with Crippen molar-refractivity contribution in [2.45, 2.75) is 19.8 Å². The van der Waals surface area contributed by atoms with Crippen LogP contribution in [0.4, 0.5) is 5.82 Å². The summed E-state index contributed by atoms with van der Waals surface area (Å²) in [5.74, 6) is 1.63. The molecule has 0 aromatic carbocycles. The molecule has 1 unspecified atom stereocenters. The third-order valence-corrected chi connectivity index (χ3v) is 3.64. The van der Waals surface area contributed by atoms with Crippen LogP contribution in [0.3, 0.4) is 0 Å². The fourth-order valence-corrected chi connectivity index (χ4v) is 2.72. The van der Waals surface area contributed by atoms with Gasteiger partial charge in [0, 0.05) is 25.5 Å². The van der Waals surface area contributed by atoms with Crippen molar-refractivity contribution < 1.29 is 0 Å². The summed E-state index contributed by atoms with van der Waals surface area (Å²) < 4.78 is 1.91. The van der Waals surface area contributed by atoms with E-state index >= 15 is 0 Å². The lowest BCUT2D eigenvalue weighted by Gasteiger charge is -2.33. The topological polar surface area (TPSA) is 59.5 Å². The molecule has 0 amide bonds. The van der Waals surface area contributed by atoms with Crippen molar-refractivity contribution in [2.24, 2.45) is 11.7 Å². The number of nitrogens with two attached hydrogens (primary N) is 1. The Balaban J connectivity index is 1.98. The van der Waals surface area contributed by atoms with Gasteiger partial charge in [0.15, 0.2) is 5.82 Å². The van der Waals surface area contributed by atoms with Crippen molar-refractivity contribution in [3.8, 4) is 0 Å². The van der Waals surface area contributed by atoms with Crippen LogP contribution < -0.4 is 10.6 Å². The van der Waals surface area contributed by atoms with E-state index in [-0.39, 0.29) is 0 Å². The molecular formula is C13H19N5. The van der Waals surface area contributed by atoms with Gasteiger partial charge >= 0.3 is 0 Å². The van der Waals surface area contributed by atoms with E-state index in [1.807, 2.05) is 23.8 Å². The Morgan fingerprint density at radius 2 is 2.39 bits per heavy atom. The summed E-state index contributed by atoms with van der Waals surface area (Å²) in [5, 5.41) is 4.43. The van der Waals surface area contributed by atoms with Crippen molar-refractivity contribution in [2.75, 3.05) is 24.5 Å². The Morgan fingerprint density at radius 3 is 3.22 bits per heavy atom. The summed E-state index contributed by atoms with van der Waals surface area (Å²) in [6.45, 7) is 4.84. The molecule has 2 N–H and O–H groups in total. The molecule has 1 atom stereocenters. The van der Waals surface area contributed by atoms with Crippen molar-refractivity contribution in [3.63, 3.8) is 0 Å². The maximum Gasteiger partial charge on any atom is 0.154 e. The molecule has 0 bridgehead atoms. The zero-order valence-corrected chi connectivity index (χ0v) is 10.7. The highest BCUT2D eigenvalue weighted by Gasteiger charge is 2.21. The second-order valence-electron chi connectivity index (χ2n) is 5.06. The maximum absolute atomic E-state index is 5.80. The van der Waals surface area contributed by atoms with E-state index in [2.05, 4.69) is 21.0 Å². The molecule has 3 heterocycles. The van der Waals surface area contributed by atoms with Gasteiger partial charge < -0.3 is 10.6 Å². The number of aryl methyl sites for hydroxylation is 1. The van der Waals surface area contributed by atoms with Gasteiger partial charge in [0.1, 0.15) is 5.52 Å². The predicted octanol–water partition coefficient (Wildman–Crippen LogP) is 1.21. The zero-order chi connectivity index (χ0) is 12.5. The summed E-state index contributed by atoms with van der Waals surface area (Å²) in [6, 6.07) is 2.09. The van der Waals surface area contributed by atoms with Crippen LogP contribution in [0, 0.1) is 12.8 Å². The minimum Gasteiger partial charge on any atom is -0.355 e. The Bertz CT molecular complexity index is 547. The molecule has 0 saturated carbocycles. The van der Waals surface area contributed by atoms with Gasteiger partial charge in [-0.2, -0.15) is 5.10 Å². The van der Waals surface area contributed by atoms with Gasteiger partial charge in [-0.15, -0.1) is 0 Å². The quantitative estimate of drug-likeness (QED) is 0.864. The fourth-order valence-electron chi connectivity index (χ4n) is 2.72. The molecule has 0 radical (unpaired) electrons. The smallest absolute Gasteiger partial charge is 0.154 e. The average molecular weight is 245 g/mol. The van der Waals surface area contributed by atoms with E-state index in [1.54, 1.807) is 0 Å². The Morgan fingerprint density at radius 1 is 1.50 bits per heavy atom. The fraction of sp³-hybridized carbons (Fsp3) is 0.538. The summed E-state index contributed by atoms with van der Waals surface area (Å²) in [6.07, 6.45) is 6.14. The Hall–Kier alpha value is -1.62. The van der Waals surface area contributed by atoms with E-state index < -0.39 is 0 Å². The van der Waals surface area contributed by atoms with Crippen LogP contribution in [0.15, 0.2) is 18.5 Å². The molecule has 1 fully saturated rings. The Kier molecular flexibility index (Phi) is 2.91. The van der Waals surface area contributed by atoms with E-state index in [4.69, 9.17) is 5.73 Å². The van der Waals surface area contributed by atoms with Gasteiger partial charge in [0.2, 0.25) is 0 Å². The summed E-state index contributed by atoms with van der Waals surface area (Å²) in [7, 11) is 0. The second kappa shape index (κ2) is 4.57. The van der Waals surface area contributed by atoms with Crippen LogP contribution in [0.25, 0.3) is 5.52 Å². The molecule has 0 aliphatic carbocycles. The molecule has 18 heavy (non-hydrogen) atoms. The van der Waals surface area contributed by atoms with Gasteiger partial charge in [-0.3, -0.25) is 0 Å². The standard InChI is InChI=1S/C13H19N5/c1-10-7-12-13(15-4-6-18(12)16-10)17-5-2-3-11(8-14)9-17/h4,6-7,11H,2-3,5,8-9,14H2,1H3. The molecule has 1 aliphatic rings. The number of piperidine rings is 1. The summed E-state index contributed by atoms with van der Waals surface area (Å²) in [5.41, 5.74) is 7.91. The molecule has 1 saturated heterocycles. The molecule has 5 heteroatoms. The van der Waals surface area contributed by atoms with E-state index in [9.17, 15) is 0 Å². The van der Waals surface area contributed by atoms with E-state index in [1.165, 1.54) is 12.8 Å². The molecule has 1 aliphatic heterocycles. The lowest BCUT2D eigenvalue weighted by atomic mass is 9.98. The first kappa shape index (κ1) is 11.5. The predicted molar refractivity (Wildman–Crippen MR) is 71.7 cm³/mol. The lowest BCUT2D eigenvalue weighted by molar-refractivity contribution is 0.422. The highest BCUT2D eigenvalue weighted by Crippen LogP contribution is 2.25. The monoisotopic (exact) mass is 245 g/mol.